The SMILES string of the molecule is CC12CCC(C)(C1)c1cc(/C=C/c3cnc(C(=O)O)cn3)ccc12. The molecule has 2 aliphatic rings. The molecule has 2 bridgehead atoms. The Labute approximate surface area is 141 Å². The lowest BCUT2D eigenvalue weighted by molar-refractivity contribution is 0.0690. The Kier molecular flexibility index (Phi) is 3.14. The predicted molar refractivity (Wildman–Crippen MR) is 92.9 cm³/mol. The molecule has 4 heteroatoms. The molecule has 4 nitrogen and oxygen atoms in total. The van der Waals surface area contributed by atoms with Crippen LogP contribution in [0.25, 0.3) is 12.2 Å². The maximum absolute atomic E-state index is 10.8. The van der Waals surface area contributed by atoms with E-state index in [1.165, 1.54) is 42.8 Å². The van der Waals surface area contributed by atoms with Crippen molar-refractivity contribution in [1.29, 1.82) is 0 Å². The maximum atomic E-state index is 10.8. The summed E-state index contributed by atoms with van der Waals surface area (Å²) in [5.74, 6) is -1.06. The van der Waals surface area contributed by atoms with E-state index in [9.17, 15) is 4.79 Å². The second-order valence-corrected chi connectivity index (χ2v) is 7.57. The minimum absolute atomic E-state index is 0.0399. The summed E-state index contributed by atoms with van der Waals surface area (Å²) in [5, 5.41) is 8.85. The molecule has 24 heavy (non-hydrogen) atoms. The highest BCUT2D eigenvalue weighted by molar-refractivity contribution is 5.85. The molecule has 2 aliphatic carbocycles. The molecule has 0 amide bonds. The summed E-state index contributed by atoms with van der Waals surface area (Å²) < 4.78 is 0. The van der Waals surface area contributed by atoms with E-state index >= 15 is 0 Å². The van der Waals surface area contributed by atoms with Crippen LogP contribution < -0.4 is 0 Å². The molecule has 0 radical (unpaired) electrons. The zero-order valence-corrected chi connectivity index (χ0v) is 13.9. The number of carbonyl (C=O) groups is 1. The van der Waals surface area contributed by atoms with Gasteiger partial charge in [0.05, 0.1) is 18.1 Å². The van der Waals surface area contributed by atoms with E-state index in [0.29, 0.717) is 16.5 Å². The van der Waals surface area contributed by atoms with Crippen LogP contribution >= 0.6 is 0 Å². The van der Waals surface area contributed by atoms with Crippen LogP contribution in [0.15, 0.2) is 30.6 Å². The van der Waals surface area contributed by atoms with Gasteiger partial charge in [0.25, 0.3) is 0 Å². The lowest BCUT2D eigenvalue weighted by Crippen LogP contribution is -2.17. The molecule has 2 unspecified atom stereocenters. The number of carboxylic acids is 1. The van der Waals surface area contributed by atoms with Crippen molar-refractivity contribution in [3.8, 4) is 0 Å². The van der Waals surface area contributed by atoms with Gasteiger partial charge in [-0.1, -0.05) is 38.1 Å². The van der Waals surface area contributed by atoms with Crippen molar-refractivity contribution in [3.63, 3.8) is 0 Å². The first-order valence-corrected chi connectivity index (χ1v) is 8.28. The molecular weight excluding hydrogens is 300 g/mol. The zero-order valence-electron chi connectivity index (χ0n) is 13.9. The van der Waals surface area contributed by atoms with Crippen LogP contribution in [-0.4, -0.2) is 21.0 Å². The van der Waals surface area contributed by atoms with Crippen molar-refractivity contribution in [3.05, 3.63) is 58.7 Å². The minimum atomic E-state index is -1.06. The molecule has 1 N–H and O–H groups in total. The summed E-state index contributed by atoms with van der Waals surface area (Å²) in [6, 6.07) is 6.73. The summed E-state index contributed by atoms with van der Waals surface area (Å²) in [6.45, 7) is 4.77. The fourth-order valence-electron chi connectivity index (χ4n) is 4.46. The lowest BCUT2D eigenvalue weighted by Gasteiger charge is -2.27. The Morgan fingerprint density at radius 3 is 2.50 bits per heavy atom. The highest BCUT2D eigenvalue weighted by atomic mass is 16.4. The lowest BCUT2D eigenvalue weighted by atomic mass is 9.77. The molecule has 1 fully saturated rings. The van der Waals surface area contributed by atoms with E-state index in [-0.39, 0.29) is 5.69 Å². The Balaban J connectivity index is 1.62. The van der Waals surface area contributed by atoms with Gasteiger partial charge in [-0.05, 0) is 52.9 Å². The van der Waals surface area contributed by atoms with Crippen LogP contribution in [0.1, 0.15) is 66.0 Å². The quantitative estimate of drug-likeness (QED) is 0.926. The third kappa shape index (κ3) is 2.25. The number of fused-ring (bicyclic) bond motifs is 5. The van der Waals surface area contributed by atoms with Gasteiger partial charge in [-0.25, -0.2) is 9.78 Å². The number of carboxylic acid groups (broad SMARTS) is 1. The topological polar surface area (TPSA) is 63.1 Å². The van der Waals surface area contributed by atoms with Gasteiger partial charge < -0.3 is 5.11 Å². The molecule has 2 atom stereocenters. The van der Waals surface area contributed by atoms with Crippen molar-refractivity contribution in [1.82, 2.24) is 9.97 Å². The van der Waals surface area contributed by atoms with Crippen LogP contribution in [0, 0.1) is 0 Å². The first kappa shape index (κ1) is 15.1. The van der Waals surface area contributed by atoms with Crippen LogP contribution in [0.3, 0.4) is 0 Å². The molecule has 1 aromatic heterocycles. The van der Waals surface area contributed by atoms with Crippen LogP contribution in [0.4, 0.5) is 0 Å². The van der Waals surface area contributed by atoms with Gasteiger partial charge in [0, 0.05) is 0 Å². The largest absolute Gasteiger partial charge is 0.476 e. The van der Waals surface area contributed by atoms with Crippen LogP contribution in [0.2, 0.25) is 0 Å². The van der Waals surface area contributed by atoms with E-state index < -0.39 is 5.97 Å². The second kappa shape index (κ2) is 5.00. The first-order chi connectivity index (χ1) is 11.4. The molecule has 1 aromatic carbocycles. The predicted octanol–water partition coefficient (Wildman–Crippen LogP) is 4.06. The van der Waals surface area contributed by atoms with Gasteiger partial charge in [0.2, 0.25) is 0 Å². The Morgan fingerprint density at radius 1 is 1.08 bits per heavy atom. The van der Waals surface area contributed by atoms with Gasteiger partial charge in [0.15, 0.2) is 5.69 Å². The summed E-state index contributed by atoms with van der Waals surface area (Å²) in [4.78, 5) is 18.8. The van der Waals surface area contributed by atoms with E-state index in [1.807, 2.05) is 12.2 Å². The standard InChI is InChI=1S/C20H20N2O2/c1-19-7-8-20(2,12-19)16-9-13(4-6-15(16)19)3-5-14-10-22-17(11-21-14)18(23)24/h3-6,9-11H,7-8,12H2,1-2H3,(H,23,24)/b5-3+. The number of hydrogen-bond donors (Lipinski definition) is 1. The van der Waals surface area contributed by atoms with E-state index in [2.05, 4.69) is 42.0 Å². The van der Waals surface area contributed by atoms with Crippen molar-refractivity contribution in [2.24, 2.45) is 0 Å². The van der Waals surface area contributed by atoms with Crippen molar-refractivity contribution < 1.29 is 9.90 Å². The van der Waals surface area contributed by atoms with Gasteiger partial charge >= 0.3 is 5.97 Å². The molecule has 0 aliphatic heterocycles. The Hall–Kier alpha value is -2.49. The minimum Gasteiger partial charge on any atom is -0.476 e. The fourth-order valence-corrected chi connectivity index (χ4v) is 4.46. The Bertz CT molecular complexity index is 856. The molecule has 1 saturated carbocycles. The number of nitrogens with zero attached hydrogens (tertiary/aromatic N) is 2. The zero-order chi connectivity index (χ0) is 16.9. The summed E-state index contributed by atoms with van der Waals surface area (Å²) >= 11 is 0. The number of aromatic nitrogens is 2. The van der Waals surface area contributed by atoms with Crippen molar-refractivity contribution in [2.75, 3.05) is 0 Å². The molecule has 1 heterocycles. The van der Waals surface area contributed by atoms with Crippen LogP contribution in [-0.2, 0) is 10.8 Å². The molecule has 122 valence electrons. The summed E-state index contributed by atoms with van der Waals surface area (Å²) in [7, 11) is 0. The van der Waals surface area contributed by atoms with Crippen molar-refractivity contribution in [2.45, 2.75) is 43.9 Å². The molecule has 0 spiro atoms. The normalized spacial score (nSPS) is 27.6. The third-order valence-corrected chi connectivity index (χ3v) is 5.69. The van der Waals surface area contributed by atoms with Gasteiger partial charge in [-0.3, -0.25) is 4.98 Å². The average Bonchev–Trinajstić information content (AvgIpc) is 3.01. The van der Waals surface area contributed by atoms with Crippen LogP contribution in [0.5, 0.6) is 0 Å². The molecule has 0 saturated heterocycles. The van der Waals surface area contributed by atoms with Crippen molar-refractivity contribution >= 4 is 18.1 Å². The first-order valence-electron chi connectivity index (χ1n) is 8.28. The number of benzene rings is 1. The van der Waals surface area contributed by atoms with E-state index in [1.54, 1.807) is 0 Å². The third-order valence-electron chi connectivity index (χ3n) is 5.69. The molecular formula is C20H20N2O2. The highest BCUT2D eigenvalue weighted by Crippen LogP contribution is 2.60. The number of hydrogen-bond acceptors (Lipinski definition) is 3. The smallest absolute Gasteiger partial charge is 0.356 e. The number of rotatable bonds is 3. The fraction of sp³-hybridized carbons (Fsp3) is 0.350. The van der Waals surface area contributed by atoms with Gasteiger partial charge in [0.1, 0.15) is 0 Å². The second-order valence-electron chi connectivity index (χ2n) is 7.57. The average molecular weight is 320 g/mol. The number of aromatic carboxylic acids is 1. The molecule has 2 aromatic rings. The van der Waals surface area contributed by atoms with E-state index in [0.717, 1.165) is 5.56 Å². The monoisotopic (exact) mass is 320 g/mol. The van der Waals surface area contributed by atoms with E-state index in [4.69, 9.17) is 5.11 Å². The molecule has 4 rings (SSSR count). The summed E-state index contributed by atoms with van der Waals surface area (Å²) in [5.41, 5.74) is 5.43. The highest BCUT2D eigenvalue weighted by Gasteiger charge is 2.52. The maximum Gasteiger partial charge on any atom is 0.356 e. The summed E-state index contributed by atoms with van der Waals surface area (Å²) in [6.07, 6.45) is 10.5. The Morgan fingerprint density at radius 2 is 1.83 bits per heavy atom. The van der Waals surface area contributed by atoms with Gasteiger partial charge in [-0.15, -0.1) is 0 Å². The van der Waals surface area contributed by atoms with Gasteiger partial charge in [-0.2, -0.15) is 0 Å².